The van der Waals surface area contributed by atoms with Crippen LogP contribution in [-0.2, 0) is 9.59 Å². The predicted octanol–water partition coefficient (Wildman–Crippen LogP) is 1.10. The van der Waals surface area contributed by atoms with Gasteiger partial charge in [-0.25, -0.2) is 0 Å². The second-order valence-electron chi connectivity index (χ2n) is 6.95. The molecule has 1 aliphatic heterocycles. The Hall–Kier alpha value is -1.50. The molecule has 2 amide bonds. The molecule has 2 N–H and O–H groups in total. The molecule has 3 aliphatic rings. The zero-order valence-corrected chi connectivity index (χ0v) is 15.8. The molecular weight excluding hydrogens is 336 g/mol. The number of thioether (sulfide) groups is 1. The van der Waals surface area contributed by atoms with Gasteiger partial charge < -0.3 is 10.6 Å². The second kappa shape index (κ2) is 8.25. The number of amides is 2. The fourth-order valence-electron chi connectivity index (χ4n) is 4.27. The van der Waals surface area contributed by atoms with E-state index in [1.165, 1.54) is 4.90 Å². The molecule has 4 unspecified atom stereocenters. The van der Waals surface area contributed by atoms with Gasteiger partial charge in [-0.15, -0.1) is 0 Å². The minimum atomic E-state index is -0.0821. The summed E-state index contributed by atoms with van der Waals surface area (Å²) in [5, 5.41) is 6.52. The maximum atomic E-state index is 12.6. The standard InChI is InChI=1S/C18H28N4O2S/c1-19-18(21-8-4-10-25-2)20-7-3-9-22-16(23)14-12-5-6-13(11-12)15(14)17(22)24/h5-6,12-15H,3-4,7-11H2,1-2H3,(H2,19,20,21). The number of carbonyl (C=O) groups excluding carboxylic acids is 2. The monoisotopic (exact) mass is 364 g/mol. The summed E-state index contributed by atoms with van der Waals surface area (Å²) in [6.45, 7) is 2.09. The van der Waals surface area contributed by atoms with Crippen LogP contribution >= 0.6 is 11.8 Å². The smallest absolute Gasteiger partial charge is 0.233 e. The highest BCUT2D eigenvalue weighted by molar-refractivity contribution is 7.98. The molecule has 0 radical (unpaired) electrons. The molecule has 2 bridgehead atoms. The van der Waals surface area contributed by atoms with Gasteiger partial charge in [0.25, 0.3) is 0 Å². The van der Waals surface area contributed by atoms with E-state index in [0.717, 1.165) is 37.5 Å². The molecule has 6 nitrogen and oxygen atoms in total. The fraction of sp³-hybridized carbons (Fsp3) is 0.722. The Morgan fingerprint density at radius 2 is 1.76 bits per heavy atom. The van der Waals surface area contributed by atoms with E-state index in [9.17, 15) is 9.59 Å². The number of carbonyl (C=O) groups is 2. The number of guanidine groups is 1. The Morgan fingerprint density at radius 1 is 1.16 bits per heavy atom. The Kier molecular flexibility index (Phi) is 6.04. The average molecular weight is 365 g/mol. The van der Waals surface area contributed by atoms with Crippen LogP contribution < -0.4 is 10.6 Å². The molecule has 1 heterocycles. The van der Waals surface area contributed by atoms with Crippen molar-refractivity contribution in [2.45, 2.75) is 19.3 Å². The van der Waals surface area contributed by atoms with Crippen molar-refractivity contribution in [2.24, 2.45) is 28.7 Å². The molecule has 138 valence electrons. The Bertz CT molecular complexity index is 547. The molecular formula is C18H28N4O2S. The van der Waals surface area contributed by atoms with Crippen molar-refractivity contribution >= 4 is 29.5 Å². The molecule has 3 rings (SSSR count). The SMILES string of the molecule is CN=C(NCCCSC)NCCCN1C(=O)C2C3C=CC(C3)C2C1=O. The number of imide groups is 1. The van der Waals surface area contributed by atoms with Gasteiger partial charge in [0.1, 0.15) is 0 Å². The molecule has 1 saturated heterocycles. The summed E-state index contributed by atoms with van der Waals surface area (Å²) in [6, 6.07) is 0. The van der Waals surface area contributed by atoms with Gasteiger partial charge in [0.05, 0.1) is 11.8 Å². The summed E-state index contributed by atoms with van der Waals surface area (Å²) in [6.07, 6.45) is 9.19. The molecule has 0 spiro atoms. The van der Waals surface area contributed by atoms with Gasteiger partial charge >= 0.3 is 0 Å². The first-order chi connectivity index (χ1) is 12.2. The minimum Gasteiger partial charge on any atom is -0.356 e. The topological polar surface area (TPSA) is 73.8 Å². The van der Waals surface area contributed by atoms with Crippen LogP contribution in [0.25, 0.3) is 0 Å². The maximum absolute atomic E-state index is 12.6. The number of allylic oxidation sites excluding steroid dienone is 2. The van der Waals surface area contributed by atoms with Crippen molar-refractivity contribution in [3.05, 3.63) is 12.2 Å². The zero-order valence-electron chi connectivity index (χ0n) is 15.0. The molecule has 7 heteroatoms. The quantitative estimate of drug-likeness (QED) is 0.222. The number of rotatable bonds is 8. The molecule has 2 aliphatic carbocycles. The van der Waals surface area contributed by atoms with Crippen LogP contribution in [0.3, 0.4) is 0 Å². The Morgan fingerprint density at radius 3 is 2.32 bits per heavy atom. The molecule has 2 fully saturated rings. The van der Waals surface area contributed by atoms with Crippen LogP contribution in [0.2, 0.25) is 0 Å². The number of hydrogen-bond donors (Lipinski definition) is 2. The Balaban J connectivity index is 1.39. The minimum absolute atomic E-state index is 0.0476. The van der Waals surface area contributed by atoms with Crippen molar-refractivity contribution in [3.63, 3.8) is 0 Å². The summed E-state index contributed by atoms with van der Waals surface area (Å²) in [4.78, 5) is 30.9. The van der Waals surface area contributed by atoms with Crippen LogP contribution in [0, 0.1) is 23.7 Å². The van der Waals surface area contributed by atoms with Crippen LogP contribution in [0.1, 0.15) is 19.3 Å². The number of nitrogens with zero attached hydrogens (tertiary/aromatic N) is 2. The van der Waals surface area contributed by atoms with Crippen LogP contribution in [0.5, 0.6) is 0 Å². The second-order valence-corrected chi connectivity index (χ2v) is 7.94. The van der Waals surface area contributed by atoms with Gasteiger partial charge in [0, 0.05) is 26.7 Å². The van der Waals surface area contributed by atoms with Gasteiger partial charge in [-0.3, -0.25) is 19.5 Å². The summed E-state index contributed by atoms with van der Waals surface area (Å²) < 4.78 is 0. The van der Waals surface area contributed by atoms with Crippen molar-refractivity contribution in [1.29, 1.82) is 0 Å². The van der Waals surface area contributed by atoms with Crippen molar-refractivity contribution in [3.8, 4) is 0 Å². The first kappa shape index (κ1) is 18.3. The number of likely N-dealkylation sites (tertiary alicyclic amines) is 1. The largest absolute Gasteiger partial charge is 0.356 e. The highest BCUT2D eigenvalue weighted by Gasteiger charge is 2.58. The van der Waals surface area contributed by atoms with Gasteiger partial charge in [-0.05, 0) is 43.1 Å². The molecule has 0 aromatic rings. The molecule has 0 aromatic carbocycles. The lowest BCUT2D eigenvalue weighted by Gasteiger charge is -2.18. The van der Waals surface area contributed by atoms with Crippen molar-refractivity contribution in [2.75, 3.05) is 38.7 Å². The van der Waals surface area contributed by atoms with Gasteiger partial charge in [0.15, 0.2) is 5.96 Å². The summed E-state index contributed by atoms with van der Waals surface area (Å²) in [7, 11) is 1.75. The van der Waals surface area contributed by atoms with E-state index < -0.39 is 0 Å². The van der Waals surface area contributed by atoms with Crippen LogP contribution in [-0.4, -0.2) is 61.4 Å². The Labute approximate surface area is 153 Å². The van der Waals surface area contributed by atoms with Crippen LogP contribution in [0.4, 0.5) is 0 Å². The predicted molar refractivity (Wildman–Crippen MR) is 101 cm³/mol. The lowest BCUT2D eigenvalue weighted by Crippen LogP contribution is -2.40. The van der Waals surface area contributed by atoms with E-state index in [2.05, 4.69) is 34.0 Å². The molecule has 0 aromatic heterocycles. The number of nitrogens with one attached hydrogen (secondary N) is 2. The average Bonchev–Trinajstić information content (AvgIpc) is 3.29. The van der Waals surface area contributed by atoms with Crippen molar-refractivity contribution < 1.29 is 9.59 Å². The van der Waals surface area contributed by atoms with E-state index in [1.807, 2.05) is 11.8 Å². The maximum Gasteiger partial charge on any atom is 0.233 e. The lowest BCUT2D eigenvalue weighted by atomic mass is 9.85. The normalized spacial score (nSPS) is 30.3. The van der Waals surface area contributed by atoms with E-state index in [4.69, 9.17) is 0 Å². The lowest BCUT2D eigenvalue weighted by molar-refractivity contribution is -0.140. The first-order valence-electron chi connectivity index (χ1n) is 9.14. The third-order valence-electron chi connectivity index (χ3n) is 5.45. The van der Waals surface area contributed by atoms with Crippen molar-refractivity contribution in [1.82, 2.24) is 15.5 Å². The van der Waals surface area contributed by atoms with E-state index in [-0.39, 0.29) is 23.7 Å². The van der Waals surface area contributed by atoms with E-state index in [1.54, 1.807) is 7.05 Å². The summed E-state index contributed by atoms with van der Waals surface area (Å²) in [5.41, 5.74) is 0. The van der Waals surface area contributed by atoms with E-state index in [0.29, 0.717) is 24.9 Å². The van der Waals surface area contributed by atoms with Gasteiger partial charge in [-0.1, -0.05) is 12.2 Å². The van der Waals surface area contributed by atoms with Gasteiger partial charge in [-0.2, -0.15) is 11.8 Å². The van der Waals surface area contributed by atoms with E-state index >= 15 is 0 Å². The summed E-state index contributed by atoms with van der Waals surface area (Å²) >= 11 is 1.83. The highest BCUT2D eigenvalue weighted by Crippen LogP contribution is 2.52. The highest BCUT2D eigenvalue weighted by atomic mass is 32.2. The summed E-state index contributed by atoms with van der Waals surface area (Å²) in [5.74, 6) is 2.42. The molecule has 1 saturated carbocycles. The fourth-order valence-corrected chi connectivity index (χ4v) is 4.71. The zero-order chi connectivity index (χ0) is 17.8. The molecule has 25 heavy (non-hydrogen) atoms. The first-order valence-corrected chi connectivity index (χ1v) is 10.5. The molecule has 4 atom stereocenters. The van der Waals surface area contributed by atoms with Crippen LogP contribution in [0.15, 0.2) is 17.1 Å². The number of hydrogen-bond acceptors (Lipinski definition) is 4. The van der Waals surface area contributed by atoms with Gasteiger partial charge in [0.2, 0.25) is 11.8 Å². The number of fused-ring (bicyclic) bond motifs is 5. The third kappa shape index (κ3) is 3.71. The number of aliphatic imine (C=N–C) groups is 1. The third-order valence-corrected chi connectivity index (χ3v) is 6.15.